The second-order valence-electron chi connectivity index (χ2n) is 4.66. The lowest BCUT2D eigenvalue weighted by molar-refractivity contribution is 0.0990. The molecule has 0 aromatic rings. The van der Waals surface area contributed by atoms with Gasteiger partial charge in [-0.2, -0.15) is 0 Å². The van der Waals surface area contributed by atoms with Crippen LogP contribution in [0.1, 0.15) is 26.2 Å². The maximum atomic E-state index is 11.3. The largest absolute Gasteiger partial charge is 0.447 e. The predicted molar refractivity (Wildman–Crippen MR) is 71.5 cm³/mol. The van der Waals surface area contributed by atoms with E-state index in [-0.39, 0.29) is 6.09 Å². The molecule has 0 saturated carbocycles. The number of carbonyl (C=O) groups is 1. The van der Waals surface area contributed by atoms with Gasteiger partial charge in [-0.3, -0.25) is 0 Å². The van der Waals surface area contributed by atoms with Gasteiger partial charge in [-0.15, -0.1) is 0 Å². The van der Waals surface area contributed by atoms with E-state index < -0.39 is 0 Å². The third kappa shape index (κ3) is 5.36. The van der Waals surface area contributed by atoms with Gasteiger partial charge in [0.05, 0.1) is 6.61 Å². The van der Waals surface area contributed by atoms with Crippen molar-refractivity contribution in [3.8, 4) is 0 Å². The summed E-state index contributed by atoms with van der Waals surface area (Å²) in [6, 6.07) is 0. The highest BCUT2D eigenvalue weighted by atomic mass is 16.6. The number of allylic oxidation sites excluding steroid dienone is 2. The van der Waals surface area contributed by atoms with Crippen LogP contribution >= 0.6 is 0 Å². The summed E-state index contributed by atoms with van der Waals surface area (Å²) in [6.45, 7) is 7.36. The summed E-state index contributed by atoms with van der Waals surface area (Å²) in [6.07, 6.45) is 5.01. The molecule has 4 heteroatoms. The number of nitrogens with one attached hydrogen (secondary N) is 1. The minimum atomic E-state index is -0.380. The molecule has 0 aromatic carbocycles. The first-order valence-electron chi connectivity index (χ1n) is 6.36. The van der Waals surface area contributed by atoms with Gasteiger partial charge in [0.15, 0.2) is 0 Å². The molecule has 18 heavy (non-hydrogen) atoms. The van der Waals surface area contributed by atoms with E-state index in [0.29, 0.717) is 25.7 Å². The Labute approximate surface area is 109 Å². The number of carbonyl (C=O) groups excluding carboxylic acids is 1. The van der Waals surface area contributed by atoms with Crippen molar-refractivity contribution in [1.29, 1.82) is 0 Å². The molecule has 0 spiro atoms. The summed E-state index contributed by atoms with van der Waals surface area (Å²) in [7, 11) is 1.58. The Morgan fingerprint density at radius 1 is 1.56 bits per heavy atom. The van der Waals surface area contributed by atoms with Crippen molar-refractivity contribution in [2.24, 2.45) is 5.92 Å². The lowest BCUT2D eigenvalue weighted by atomic mass is 9.85. The number of rotatable bonds is 6. The normalized spacial score (nSPS) is 19.0. The number of alkyl carbamates (subject to hydrolysis) is 1. The Hall–Kier alpha value is -1.29. The Morgan fingerprint density at radius 3 is 2.89 bits per heavy atom. The van der Waals surface area contributed by atoms with Crippen molar-refractivity contribution < 1.29 is 14.3 Å². The van der Waals surface area contributed by atoms with E-state index >= 15 is 0 Å². The minimum absolute atomic E-state index is 0.291. The van der Waals surface area contributed by atoms with Gasteiger partial charge < -0.3 is 14.8 Å². The monoisotopic (exact) mass is 253 g/mol. The molecular weight excluding hydrogens is 230 g/mol. The third-order valence-electron chi connectivity index (χ3n) is 3.18. The van der Waals surface area contributed by atoms with E-state index in [1.54, 1.807) is 7.11 Å². The molecule has 4 nitrogen and oxygen atoms in total. The Kier molecular flexibility index (Phi) is 6.50. The number of hydrogen-bond acceptors (Lipinski definition) is 3. The van der Waals surface area contributed by atoms with Crippen LogP contribution in [0.4, 0.5) is 4.79 Å². The summed E-state index contributed by atoms with van der Waals surface area (Å²) in [5, 5.41) is 2.75. The summed E-state index contributed by atoms with van der Waals surface area (Å²) in [5.74, 6) is 0.599. The van der Waals surface area contributed by atoms with Crippen LogP contribution in [0.15, 0.2) is 23.8 Å². The van der Waals surface area contributed by atoms with E-state index in [0.717, 1.165) is 19.3 Å². The highest BCUT2D eigenvalue weighted by Crippen LogP contribution is 2.27. The average Bonchev–Trinajstić information content (AvgIpc) is 2.37. The number of methoxy groups -OCH3 is 1. The van der Waals surface area contributed by atoms with Crippen molar-refractivity contribution in [3.63, 3.8) is 0 Å². The lowest BCUT2D eigenvalue weighted by Gasteiger charge is -2.22. The molecule has 0 aromatic heterocycles. The third-order valence-corrected chi connectivity index (χ3v) is 3.18. The van der Waals surface area contributed by atoms with Crippen LogP contribution in [0.25, 0.3) is 0 Å². The van der Waals surface area contributed by atoms with Crippen LogP contribution in [0.3, 0.4) is 0 Å². The van der Waals surface area contributed by atoms with Crippen molar-refractivity contribution >= 4 is 6.09 Å². The van der Waals surface area contributed by atoms with Crippen LogP contribution in [0, 0.1) is 5.92 Å². The fourth-order valence-electron chi connectivity index (χ4n) is 1.95. The van der Waals surface area contributed by atoms with E-state index in [2.05, 4.69) is 24.9 Å². The zero-order valence-corrected chi connectivity index (χ0v) is 11.3. The lowest BCUT2D eigenvalue weighted by Crippen LogP contribution is -2.28. The first-order chi connectivity index (χ1) is 8.63. The smallest absolute Gasteiger partial charge is 0.407 e. The van der Waals surface area contributed by atoms with Crippen molar-refractivity contribution in [2.75, 3.05) is 26.9 Å². The van der Waals surface area contributed by atoms with E-state index in [4.69, 9.17) is 9.47 Å². The molecule has 1 aliphatic carbocycles. The highest BCUT2D eigenvalue weighted by Gasteiger charge is 2.15. The second-order valence-corrected chi connectivity index (χ2v) is 4.66. The maximum absolute atomic E-state index is 11.3. The summed E-state index contributed by atoms with van der Waals surface area (Å²) >= 11 is 0. The molecule has 1 aliphatic rings. The Morgan fingerprint density at radius 2 is 2.33 bits per heavy atom. The molecule has 1 atom stereocenters. The predicted octanol–water partition coefficient (Wildman–Crippen LogP) is 2.66. The second kappa shape index (κ2) is 7.93. The van der Waals surface area contributed by atoms with Crippen LogP contribution < -0.4 is 5.32 Å². The van der Waals surface area contributed by atoms with Crippen molar-refractivity contribution in [1.82, 2.24) is 5.32 Å². The van der Waals surface area contributed by atoms with E-state index in [1.807, 2.05) is 0 Å². The van der Waals surface area contributed by atoms with Crippen LogP contribution in [-0.2, 0) is 9.47 Å². The van der Waals surface area contributed by atoms with Gasteiger partial charge in [0.1, 0.15) is 6.61 Å². The Bertz CT molecular complexity index is 323. The molecule has 1 amide bonds. The van der Waals surface area contributed by atoms with Crippen LogP contribution in [0.5, 0.6) is 0 Å². The molecule has 0 bridgehead atoms. The topological polar surface area (TPSA) is 47.6 Å². The van der Waals surface area contributed by atoms with Crippen LogP contribution in [0.2, 0.25) is 0 Å². The average molecular weight is 253 g/mol. The van der Waals surface area contributed by atoms with Gasteiger partial charge in [-0.1, -0.05) is 23.8 Å². The van der Waals surface area contributed by atoms with Gasteiger partial charge in [0.25, 0.3) is 0 Å². The first kappa shape index (κ1) is 14.8. The van der Waals surface area contributed by atoms with Gasteiger partial charge in [-0.05, 0) is 32.1 Å². The fourth-order valence-corrected chi connectivity index (χ4v) is 1.95. The molecule has 0 heterocycles. The zero-order valence-electron chi connectivity index (χ0n) is 11.3. The molecular formula is C14H23NO3. The SMILES string of the molecule is C=C(C)C1CC=C(CNC(=O)OCCOC)CC1. The van der Waals surface area contributed by atoms with Gasteiger partial charge in [-0.25, -0.2) is 4.79 Å². The van der Waals surface area contributed by atoms with Crippen molar-refractivity contribution in [3.05, 3.63) is 23.8 Å². The highest BCUT2D eigenvalue weighted by molar-refractivity contribution is 5.67. The molecule has 0 aliphatic heterocycles. The fraction of sp³-hybridized carbons (Fsp3) is 0.643. The molecule has 0 saturated heterocycles. The van der Waals surface area contributed by atoms with Gasteiger partial charge in [0.2, 0.25) is 0 Å². The van der Waals surface area contributed by atoms with Gasteiger partial charge >= 0.3 is 6.09 Å². The summed E-state index contributed by atoms with van der Waals surface area (Å²) < 4.78 is 9.71. The molecule has 1 unspecified atom stereocenters. The number of hydrogen-bond donors (Lipinski definition) is 1. The quantitative estimate of drug-likeness (QED) is 0.585. The first-order valence-corrected chi connectivity index (χ1v) is 6.36. The maximum Gasteiger partial charge on any atom is 0.407 e. The number of amides is 1. The molecule has 1 rings (SSSR count). The molecule has 102 valence electrons. The number of ether oxygens (including phenoxy) is 2. The molecule has 1 N–H and O–H groups in total. The summed E-state index contributed by atoms with van der Waals surface area (Å²) in [4.78, 5) is 11.3. The van der Waals surface area contributed by atoms with Gasteiger partial charge in [0, 0.05) is 13.7 Å². The zero-order chi connectivity index (χ0) is 13.4. The van der Waals surface area contributed by atoms with E-state index in [9.17, 15) is 4.79 Å². The Balaban J connectivity index is 2.20. The summed E-state index contributed by atoms with van der Waals surface area (Å²) in [5.41, 5.74) is 2.52. The van der Waals surface area contributed by atoms with Crippen LogP contribution in [-0.4, -0.2) is 33.0 Å². The molecule has 0 fully saturated rings. The van der Waals surface area contributed by atoms with Crippen molar-refractivity contribution in [2.45, 2.75) is 26.2 Å². The molecule has 0 radical (unpaired) electrons. The van der Waals surface area contributed by atoms with E-state index in [1.165, 1.54) is 11.1 Å². The standard InChI is InChI=1S/C14H23NO3/c1-11(2)13-6-4-12(5-7-13)10-15-14(16)18-9-8-17-3/h4,13H,1,5-10H2,2-3H3,(H,15,16). The minimum Gasteiger partial charge on any atom is -0.447 e.